The van der Waals surface area contributed by atoms with Crippen LogP contribution < -0.4 is 10.5 Å². The van der Waals surface area contributed by atoms with Crippen LogP contribution in [0.15, 0.2) is 24.4 Å². The van der Waals surface area contributed by atoms with E-state index in [9.17, 15) is 0 Å². The zero-order chi connectivity index (χ0) is 14.7. The Morgan fingerprint density at radius 1 is 1.19 bits per heavy atom. The lowest BCUT2D eigenvalue weighted by Gasteiger charge is -2.13. The molecule has 0 saturated carbocycles. The summed E-state index contributed by atoms with van der Waals surface area (Å²) < 4.78 is 7.65. The van der Waals surface area contributed by atoms with Gasteiger partial charge in [0.25, 0.3) is 0 Å². The number of aromatic nitrogens is 1. The third kappa shape index (κ3) is 3.06. The molecule has 1 aliphatic rings. The SMILES string of the molecule is COc1ccc2c(c1)c(CCN1CCCC1)cn2CCN. The predicted molar refractivity (Wildman–Crippen MR) is 86.9 cm³/mol. The molecule has 0 atom stereocenters. The molecule has 0 amide bonds. The third-order valence-corrected chi connectivity index (χ3v) is 4.44. The van der Waals surface area contributed by atoms with Gasteiger partial charge in [0, 0.05) is 36.7 Å². The second kappa shape index (κ2) is 6.50. The van der Waals surface area contributed by atoms with Gasteiger partial charge in [-0.15, -0.1) is 0 Å². The summed E-state index contributed by atoms with van der Waals surface area (Å²) in [5.41, 5.74) is 8.41. The van der Waals surface area contributed by atoms with Crippen molar-refractivity contribution in [2.75, 3.05) is 33.3 Å². The van der Waals surface area contributed by atoms with E-state index in [1.807, 2.05) is 6.07 Å². The molecule has 3 rings (SSSR count). The number of fused-ring (bicyclic) bond motifs is 1. The molecule has 0 bridgehead atoms. The van der Waals surface area contributed by atoms with E-state index < -0.39 is 0 Å². The average Bonchev–Trinajstić information content (AvgIpc) is 3.13. The maximum atomic E-state index is 5.74. The summed E-state index contributed by atoms with van der Waals surface area (Å²) >= 11 is 0. The summed E-state index contributed by atoms with van der Waals surface area (Å²) in [5, 5.41) is 1.31. The van der Waals surface area contributed by atoms with Crippen molar-refractivity contribution in [3.8, 4) is 5.75 Å². The van der Waals surface area contributed by atoms with E-state index in [0.717, 1.165) is 25.3 Å². The van der Waals surface area contributed by atoms with Gasteiger partial charge in [0.1, 0.15) is 5.75 Å². The van der Waals surface area contributed by atoms with E-state index in [2.05, 4.69) is 27.8 Å². The second-order valence-electron chi connectivity index (χ2n) is 5.82. The van der Waals surface area contributed by atoms with E-state index >= 15 is 0 Å². The monoisotopic (exact) mass is 287 g/mol. The molecule has 2 N–H and O–H groups in total. The fourth-order valence-electron chi connectivity index (χ4n) is 3.29. The Balaban J connectivity index is 1.87. The molecular formula is C17H25N3O. The number of rotatable bonds is 6. The molecule has 1 saturated heterocycles. The first-order valence-electron chi connectivity index (χ1n) is 7.90. The predicted octanol–water partition coefficient (Wildman–Crippen LogP) is 2.25. The molecule has 4 nitrogen and oxygen atoms in total. The van der Waals surface area contributed by atoms with E-state index in [-0.39, 0.29) is 0 Å². The summed E-state index contributed by atoms with van der Waals surface area (Å²) in [6.45, 7) is 5.20. The smallest absolute Gasteiger partial charge is 0.119 e. The number of hydrogen-bond acceptors (Lipinski definition) is 3. The topological polar surface area (TPSA) is 43.4 Å². The van der Waals surface area contributed by atoms with Crippen molar-refractivity contribution >= 4 is 10.9 Å². The van der Waals surface area contributed by atoms with E-state index in [1.54, 1.807) is 7.11 Å². The molecule has 1 aromatic heterocycles. The standard InChI is InChI=1S/C17H25N3O/c1-21-15-4-5-17-16(12-15)14(13-20(17)11-7-18)6-10-19-8-2-3-9-19/h4-5,12-13H,2-3,6-11,18H2,1H3. The third-order valence-electron chi connectivity index (χ3n) is 4.44. The van der Waals surface area contributed by atoms with Gasteiger partial charge in [0.2, 0.25) is 0 Å². The van der Waals surface area contributed by atoms with Crippen LogP contribution in [0.2, 0.25) is 0 Å². The first-order valence-corrected chi connectivity index (χ1v) is 7.90. The maximum absolute atomic E-state index is 5.74. The summed E-state index contributed by atoms with van der Waals surface area (Å²) in [4.78, 5) is 2.56. The Bertz CT molecular complexity index is 599. The number of nitrogens with two attached hydrogens (primary N) is 1. The number of likely N-dealkylation sites (tertiary alicyclic amines) is 1. The Kier molecular flexibility index (Phi) is 4.46. The first kappa shape index (κ1) is 14.4. The normalized spacial score (nSPS) is 15.9. The van der Waals surface area contributed by atoms with Crippen LogP contribution in [-0.2, 0) is 13.0 Å². The number of ether oxygens (including phenoxy) is 1. The average molecular weight is 287 g/mol. The Morgan fingerprint density at radius 3 is 2.71 bits per heavy atom. The van der Waals surface area contributed by atoms with Gasteiger partial charge in [-0.1, -0.05) is 0 Å². The minimum Gasteiger partial charge on any atom is -0.497 e. The number of methoxy groups -OCH3 is 1. The van der Waals surface area contributed by atoms with Gasteiger partial charge in [-0.2, -0.15) is 0 Å². The van der Waals surface area contributed by atoms with Crippen molar-refractivity contribution in [3.05, 3.63) is 30.0 Å². The van der Waals surface area contributed by atoms with Crippen molar-refractivity contribution in [1.29, 1.82) is 0 Å². The van der Waals surface area contributed by atoms with E-state index in [0.29, 0.717) is 6.54 Å². The highest BCUT2D eigenvalue weighted by Crippen LogP contribution is 2.26. The molecule has 0 unspecified atom stereocenters. The van der Waals surface area contributed by atoms with Gasteiger partial charge in [-0.05, 0) is 56.1 Å². The second-order valence-corrected chi connectivity index (χ2v) is 5.82. The molecule has 21 heavy (non-hydrogen) atoms. The minimum atomic E-state index is 0.668. The van der Waals surface area contributed by atoms with Crippen molar-refractivity contribution in [2.45, 2.75) is 25.8 Å². The lowest BCUT2D eigenvalue weighted by atomic mass is 10.1. The maximum Gasteiger partial charge on any atom is 0.119 e. The molecule has 0 spiro atoms. The highest BCUT2D eigenvalue weighted by molar-refractivity contribution is 5.85. The fraction of sp³-hybridized carbons (Fsp3) is 0.529. The van der Waals surface area contributed by atoms with Gasteiger partial charge >= 0.3 is 0 Å². The molecule has 1 fully saturated rings. The van der Waals surface area contributed by atoms with Gasteiger partial charge in [0.15, 0.2) is 0 Å². The Morgan fingerprint density at radius 2 is 2.00 bits per heavy atom. The molecule has 2 heterocycles. The number of hydrogen-bond donors (Lipinski definition) is 1. The molecular weight excluding hydrogens is 262 g/mol. The van der Waals surface area contributed by atoms with Crippen LogP contribution >= 0.6 is 0 Å². The Hall–Kier alpha value is -1.52. The zero-order valence-electron chi connectivity index (χ0n) is 12.8. The van der Waals surface area contributed by atoms with Gasteiger partial charge in [-0.25, -0.2) is 0 Å². The quantitative estimate of drug-likeness (QED) is 0.886. The van der Waals surface area contributed by atoms with E-state index in [4.69, 9.17) is 10.5 Å². The van der Waals surface area contributed by atoms with Crippen molar-refractivity contribution in [3.63, 3.8) is 0 Å². The lowest BCUT2D eigenvalue weighted by molar-refractivity contribution is 0.344. The molecule has 2 aromatic rings. The van der Waals surface area contributed by atoms with Gasteiger partial charge in [0.05, 0.1) is 7.11 Å². The summed E-state index contributed by atoms with van der Waals surface area (Å²) in [5.74, 6) is 0.926. The molecule has 1 aliphatic heterocycles. The van der Waals surface area contributed by atoms with Crippen LogP contribution in [0.3, 0.4) is 0 Å². The fourth-order valence-corrected chi connectivity index (χ4v) is 3.29. The highest BCUT2D eigenvalue weighted by atomic mass is 16.5. The lowest BCUT2D eigenvalue weighted by Crippen LogP contribution is -2.21. The number of nitrogens with zero attached hydrogens (tertiary/aromatic N) is 2. The first-order chi connectivity index (χ1) is 10.3. The van der Waals surface area contributed by atoms with Crippen molar-refractivity contribution in [1.82, 2.24) is 9.47 Å². The molecule has 114 valence electrons. The molecule has 0 radical (unpaired) electrons. The van der Waals surface area contributed by atoms with Gasteiger partial charge < -0.3 is 19.9 Å². The molecule has 4 heteroatoms. The van der Waals surface area contributed by atoms with Crippen molar-refractivity contribution in [2.24, 2.45) is 5.73 Å². The van der Waals surface area contributed by atoms with Crippen LogP contribution in [0.4, 0.5) is 0 Å². The zero-order valence-corrected chi connectivity index (χ0v) is 12.8. The van der Waals surface area contributed by atoms with Crippen LogP contribution in [-0.4, -0.2) is 42.8 Å². The van der Waals surface area contributed by atoms with Crippen LogP contribution in [0.5, 0.6) is 5.75 Å². The summed E-state index contributed by atoms with van der Waals surface area (Å²) in [6.07, 6.45) is 6.07. The van der Waals surface area contributed by atoms with Crippen LogP contribution in [0.1, 0.15) is 18.4 Å². The van der Waals surface area contributed by atoms with Crippen LogP contribution in [0, 0.1) is 0 Å². The molecule has 0 aliphatic carbocycles. The van der Waals surface area contributed by atoms with Crippen molar-refractivity contribution < 1.29 is 4.74 Å². The molecule has 1 aromatic carbocycles. The van der Waals surface area contributed by atoms with Gasteiger partial charge in [-0.3, -0.25) is 0 Å². The minimum absolute atomic E-state index is 0.668. The Labute approximate surface area is 126 Å². The van der Waals surface area contributed by atoms with Crippen LogP contribution in [0.25, 0.3) is 10.9 Å². The summed E-state index contributed by atoms with van der Waals surface area (Å²) in [7, 11) is 1.72. The largest absolute Gasteiger partial charge is 0.497 e. The highest BCUT2D eigenvalue weighted by Gasteiger charge is 2.14. The summed E-state index contributed by atoms with van der Waals surface area (Å²) in [6, 6.07) is 6.32. The van der Waals surface area contributed by atoms with E-state index in [1.165, 1.54) is 42.4 Å². The number of benzene rings is 1.